The predicted octanol–water partition coefficient (Wildman–Crippen LogP) is 0.544. The largest absolute Gasteiger partial charge is 0.336 e. The van der Waals surface area contributed by atoms with Crippen LogP contribution >= 0.6 is 0 Å². The monoisotopic (exact) mass is 218 g/mol. The zero-order chi connectivity index (χ0) is 11.4. The number of rotatable bonds is 2. The molecular formula is C12H14N2O2. The van der Waals surface area contributed by atoms with E-state index in [1.807, 2.05) is 0 Å². The molecule has 84 valence electrons. The molecule has 1 aromatic rings. The van der Waals surface area contributed by atoms with Crippen LogP contribution in [-0.2, 0) is 0 Å². The Hall–Kier alpha value is -1.68. The lowest BCUT2D eigenvalue weighted by Gasteiger charge is -2.27. The normalized spacial score (nSPS) is 15.9. The molecule has 16 heavy (non-hydrogen) atoms. The molecular weight excluding hydrogens is 204 g/mol. The molecule has 4 nitrogen and oxygen atoms in total. The topological polar surface area (TPSA) is 49.4 Å². The van der Waals surface area contributed by atoms with Crippen LogP contribution in [0.15, 0.2) is 24.3 Å². The molecule has 0 atom stereocenters. The van der Waals surface area contributed by atoms with Gasteiger partial charge in [0.1, 0.15) is 6.29 Å². The van der Waals surface area contributed by atoms with Crippen molar-refractivity contribution in [1.82, 2.24) is 10.2 Å². The van der Waals surface area contributed by atoms with Gasteiger partial charge in [0.2, 0.25) is 0 Å². The number of nitrogens with one attached hydrogen (secondary N) is 1. The highest BCUT2D eigenvalue weighted by Crippen LogP contribution is 2.08. The first-order valence-electron chi connectivity index (χ1n) is 5.36. The lowest BCUT2D eigenvalue weighted by Crippen LogP contribution is -2.46. The summed E-state index contributed by atoms with van der Waals surface area (Å²) in [5, 5.41) is 3.19. The molecule has 0 saturated carbocycles. The van der Waals surface area contributed by atoms with Crippen molar-refractivity contribution in [3.63, 3.8) is 0 Å². The van der Waals surface area contributed by atoms with E-state index in [1.165, 1.54) is 0 Å². The maximum atomic E-state index is 12.1. The summed E-state index contributed by atoms with van der Waals surface area (Å²) in [6.45, 7) is 3.12. The lowest BCUT2D eigenvalue weighted by molar-refractivity contribution is 0.0736. The van der Waals surface area contributed by atoms with Gasteiger partial charge in [-0.05, 0) is 12.1 Å². The summed E-state index contributed by atoms with van der Waals surface area (Å²) in [5.74, 6) is 0.00481. The summed E-state index contributed by atoms with van der Waals surface area (Å²) in [4.78, 5) is 24.5. The van der Waals surface area contributed by atoms with E-state index in [0.717, 1.165) is 32.5 Å². The fraction of sp³-hybridized carbons (Fsp3) is 0.333. The van der Waals surface area contributed by atoms with E-state index in [9.17, 15) is 9.59 Å². The molecule has 1 amide bonds. The number of benzene rings is 1. The van der Waals surface area contributed by atoms with Gasteiger partial charge in [0.15, 0.2) is 0 Å². The number of carbonyl (C=O) groups excluding carboxylic acids is 2. The van der Waals surface area contributed by atoms with E-state index in [2.05, 4.69) is 5.32 Å². The molecule has 1 aliphatic heterocycles. The first kappa shape index (κ1) is 10.8. The quantitative estimate of drug-likeness (QED) is 0.737. The molecule has 1 saturated heterocycles. The van der Waals surface area contributed by atoms with Crippen molar-refractivity contribution in [2.45, 2.75) is 0 Å². The van der Waals surface area contributed by atoms with Crippen LogP contribution in [0.25, 0.3) is 0 Å². The molecule has 0 radical (unpaired) electrons. The number of hydrogen-bond acceptors (Lipinski definition) is 3. The third kappa shape index (κ3) is 2.28. The van der Waals surface area contributed by atoms with Gasteiger partial charge in [-0.2, -0.15) is 0 Å². The maximum Gasteiger partial charge on any atom is 0.253 e. The number of carbonyl (C=O) groups is 2. The fourth-order valence-electron chi connectivity index (χ4n) is 1.80. The van der Waals surface area contributed by atoms with Gasteiger partial charge in [0.05, 0.1) is 0 Å². The van der Waals surface area contributed by atoms with E-state index in [1.54, 1.807) is 29.2 Å². The van der Waals surface area contributed by atoms with Crippen molar-refractivity contribution in [2.75, 3.05) is 26.2 Å². The Bertz CT molecular complexity index is 398. The van der Waals surface area contributed by atoms with Crippen LogP contribution < -0.4 is 5.32 Å². The summed E-state index contributed by atoms with van der Waals surface area (Å²) < 4.78 is 0. The maximum absolute atomic E-state index is 12.1. The van der Waals surface area contributed by atoms with Gasteiger partial charge in [-0.3, -0.25) is 9.59 Å². The van der Waals surface area contributed by atoms with E-state index in [4.69, 9.17) is 0 Å². The minimum atomic E-state index is 0.00481. The molecule has 4 heteroatoms. The molecule has 2 rings (SSSR count). The summed E-state index contributed by atoms with van der Waals surface area (Å²) in [5.41, 5.74) is 1.13. The number of aldehydes is 1. The highest BCUT2D eigenvalue weighted by Gasteiger charge is 2.17. The Morgan fingerprint density at radius 2 is 2.06 bits per heavy atom. The molecule has 0 bridgehead atoms. The van der Waals surface area contributed by atoms with Crippen LogP contribution in [0, 0.1) is 0 Å². The van der Waals surface area contributed by atoms with E-state index in [0.29, 0.717) is 11.1 Å². The number of hydrogen-bond donors (Lipinski definition) is 1. The zero-order valence-electron chi connectivity index (χ0n) is 8.98. The van der Waals surface area contributed by atoms with Crippen LogP contribution in [0.3, 0.4) is 0 Å². The standard InChI is InChI=1S/C12H14N2O2/c15-9-10-2-1-3-11(8-10)12(16)14-6-4-13-5-7-14/h1-3,8-9,13H,4-7H2. The van der Waals surface area contributed by atoms with Crippen LogP contribution in [0.5, 0.6) is 0 Å². The smallest absolute Gasteiger partial charge is 0.253 e. The molecule has 0 aromatic heterocycles. The summed E-state index contributed by atoms with van der Waals surface area (Å²) in [6, 6.07) is 6.81. The second-order valence-electron chi connectivity index (χ2n) is 3.79. The van der Waals surface area contributed by atoms with Crippen LogP contribution in [0.2, 0.25) is 0 Å². The number of nitrogens with zero attached hydrogens (tertiary/aromatic N) is 1. The van der Waals surface area contributed by atoms with Crippen LogP contribution in [-0.4, -0.2) is 43.3 Å². The SMILES string of the molecule is O=Cc1cccc(C(=O)N2CCNCC2)c1. The highest BCUT2D eigenvalue weighted by molar-refractivity contribution is 5.95. The van der Waals surface area contributed by atoms with Crippen molar-refractivity contribution >= 4 is 12.2 Å². The molecule has 1 fully saturated rings. The number of piperazine rings is 1. The molecule has 1 aromatic carbocycles. The minimum absolute atomic E-state index is 0.00481. The average molecular weight is 218 g/mol. The summed E-state index contributed by atoms with van der Waals surface area (Å²) in [7, 11) is 0. The van der Waals surface area contributed by atoms with Crippen LogP contribution in [0.4, 0.5) is 0 Å². The third-order valence-electron chi connectivity index (χ3n) is 2.67. The highest BCUT2D eigenvalue weighted by atomic mass is 16.2. The Morgan fingerprint density at radius 1 is 1.31 bits per heavy atom. The van der Waals surface area contributed by atoms with Gasteiger partial charge < -0.3 is 10.2 Å². The second kappa shape index (κ2) is 4.90. The van der Waals surface area contributed by atoms with E-state index in [-0.39, 0.29) is 5.91 Å². The van der Waals surface area contributed by atoms with Crippen molar-refractivity contribution < 1.29 is 9.59 Å². The fourth-order valence-corrected chi connectivity index (χ4v) is 1.80. The van der Waals surface area contributed by atoms with Crippen molar-refractivity contribution in [3.05, 3.63) is 35.4 Å². The van der Waals surface area contributed by atoms with Gasteiger partial charge in [-0.15, -0.1) is 0 Å². The Balaban J connectivity index is 2.15. The molecule has 0 unspecified atom stereocenters. The van der Waals surface area contributed by atoms with Gasteiger partial charge >= 0.3 is 0 Å². The molecule has 0 aliphatic carbocycles. The Kier molecular flexibility index (Phi) is 3.31. The first-order valence-corrected chi connectivity index (χ1v) is 5.36. The Morgan fingerprint density at radius 3 is 2.75 bits per heavy atom. The van der Waals surface area contributed by atoms with E-state index < -0.39 is 0 Å². The van der Waals surface area contributed by atoms with Gasteiger partial charge in [-0.1, -0.05) is 12.1 Å². The molecule has 0 spiro atoms. The van der Waals surface area contributed by atoms with Gasteiger partial charge in [-0.25, -0.2) is 0 Å². The molecule has 1 aliphatic rings. The molecule has 1 heterocycles. The van der Waals surface area contributed by atoms with Crippen molar-refractivity contribution in [1.29, 1.82) is 0 Å². The van der Waals surface area contributed by atoms with Crippen LogP contribution in [0.1, 0.15) is 20.7 Å². The van der Waals surface area contributed by atoms with Crippen molar-refractivity contribution in [3.8, 4) is 0 Å². The average Bonchev–Trinajstić information content (AvgIpc) is 2.39. The summed E-state index contributed by atoms with van der Waals surface area (Å²) >= 11 is 0. The predicted molar refractivity (Wildman–Crippen MR) is 60.6 cm³/mol. The first-order chi connectivity index (χ1) is 7.81. The zero-order valence-corrected chi connectivity index (χ0v) is 8.98. The van der Waals surface area contributed by atoms with Gasteiger partial charge in [0.25, 0.3) is 5.91 Å². The summed E-state index contributed by atoms with van der Waals surface area (Å²) in [6.07, 6.45) is 0.758. The second-order valence-corrected chi connectivity index (χ2v) is 3.79. The van der Waals surface area contributed by atoms with E-state index >= 15 is 0 Å². The van der Waals surface area contributed by atoms with Crippen molar-refractivity contribution in [2.24, 2.45) is 0 Å². The number of amides is 1. The third-order valence-corrected chi connectivity index (χ3v) is 2.67. The Labute approximate surface area is 94.2 Å². The minimum Gasteiger partial charge on any atom is -0.336 e. The lowest BCUT2D eigenvalue weighted by atomic mass is 10.1. The van der Waals surface area contributed by atoms with Gasteiger partial charge in [0, 0.05) is 37.3 Å². The molecule has 1 N–H and O–H groups in total.